The smallest absolute Gasteiger partial charge is 0.257 e. The van der Waals surface area contributed by atoms with Crippen molar-refractivity contribution in [3.8, 4) is 0 Å². The summed E-state index contributed by atoms with van der Waals surface area (Å²) >= 11 is 0. The third-order valence-electron chi connectivity index (χ3n) is 5.57. The Balaban J connectivity index is 1.33. The van der Waals surface area contributed by atoms with Crippen molar-refractivity contribution in [2.24, 2.45) is 0 Å². The van der Waals surface area contributed by atoms with Gasteiger partial charge in [0.2, 0.25) is 0 Å². The molecular weight excluding hydrogens is 443 g/mol. The van der Waals surface area contributed by atoms with E-state index >= 15 is 0 Å². The lowest BCUT2D eigenvalue weighted by molar-refractivity contribution is -0.0611. The minimum Gasteiger partial charge on any atom is -0.467 e. The summed E-state index contributed by atoms with van der Waals surface area (Å²) in [6.45, 7) is 3.00. The van der Waals surface area contributed by atoms with Crippen molar-refractivity contribution < 1.29 is 32.6 Å². The molecule has 2 unspecified atom stereocenters. The van der Waals surface area contributed by atoms with Crippen LogP contribution in [0.5, 0.6) is 0 Å². The second-order valence-corrected chi connectivity index (χ2v) is 8.25. The topological polar surface area (TPSA) is 88.5 Å². The van der Waals surface area contributed by atoms with Crippen molar-refractivity contribution >= 4 is 5.91 Å². The first-order valence-corrected chi connectivity index (χ1v) is 11.3. The van der Waals surface area contributed by atoms with Gasteiger partial charge in [-0.1, -0.05) is 12.1 Å². The molecule has 0 spiro atoms. The summed E-state index contributed by atoms with van der Waals surface area (Å²) in [6.07, 6.45) is 2.15. The van der Waals surface area contributed by atoms with Crippen LogP contribution in [0.2, 0.25) is 0 Å². The van der Waals surface area contributed by atoms with Gasteiger partial charge in [-0.3, -0.25) is 9.69 Å². The van der Waals surface area contributed by atoms with Crippen LogP contribution in [-0.2, 0) is 22.6 Å². The molecule has 1 fully saturated rings. The van der Waals surface area contributed by atoms with Crippen molar-refractivity contribution in [2.45, 2.75) is 25.4 Å². The Kier molecular flexibility index (Phi) is 8.48. The van der Waals surface area contributed by atoms with Gasteiger partial charge in [-0.25, -0.2) is 4.39 Å². The molecule has 0 bridgehead atoms. The summed E-state index contributed by atoms with van der Waals surface area (Å²) in [7, 11) is 0. The molecule has 1 aromatic carbocycles. The van der Waals surface area contributed by atoms with E-state index in [1.807, 2.05) is 6.07 Å². The summed E-state index contributed by atoms with van der Waals surface area (Å²) in [5.74, 6) is 0.304. The summed E-state index contributed by atoms with van der Waals surface area (Å²) in [6, 6.07) is 13.0. The molecule has 2 aromatic heterocycles. The lowest BCUT2D eigenvalue weighted by Gasteiger charge is -2.36. The second-order valence-electron chi connectivity index (χ2n) is 8.25. The number of furan rings is 2. The zero-order valence-electron chi connectivity index (χ0n) is 18.8. The van der Waals surface area contributed by atoms with Crippen LogP contribution in [0, 0.1) is 5.82 Å². The van der Waals surface area contributed by atoms with Gasteiger partial charge < -0.3 is 28.3 Å². The van der Waals surface area contributed by atoms with Crippen molar-refractivity contribution in [3.05, 3.63) is 84.0 Å². The van der Waals surface area contributed by atoms with E-state index in [1.165, 1.54) is 23.3 Å². The molecule has 0 radical (unpaired) electrons. The number of ether oxygens (including phenoxy) is 2. The molecule has 182 valence electrons. The third-order valence-corrected chi connectivity index (χ3v) is 5.57. The molecule has 3 aromatic rings. The fourth-order valence-corrected chi connectivity index (χ4v) is 3.96. The fourth-order valence-electron chi connectivity index (χ4n) is 3.96. The number of carbonyl (C=O) groups excluding carboxylic acids is 1. The van der Waals surface area contributed by atoms with E-state index in [0.29, 0.717) is 44.4 Å². The van der Waals surface area contributed by atoms with Gasteiger partial charge >= 0.3 is 0 Å². The predicted molar refractivity (Wildman–Crippen MR) is 120 cm³/mol. The maximum Gasteiger partial charge on any atom is 0.257 e. The first-order valence-electron chi connectivity index (χ1n) is 11.3. The average Bonchev–Trinajstić information content (AvgIpc) is 3.53. The molecular formula is C25H29FN2O6. The molecule has 3 heterocycles. The molecule has 1 aliphatic rings. The van der Waals surface area contributed by atoms with E-state index in [1.54, 1.807) is 36.6 Å². The van der Waals surface area contributed by atoms with Crippen molar-refractivity contribution in [1.29, 1.82) is 0 Å². The number of benzene rings is 1. The van der Waals surface area contributed by atoms with Crippen LogP contribution in [0.25, 0.3) is 0 Å². The van der Waals surface area contributed by atoms with Gasteiger partial charge in [0.25, 0.3) is 5.91 Å². The molecule has 4 rings (SSSR count). The van der Waals surface area contributed by atoms with Crippen LogP contribution in [0.15, 0.2) is 69.9 Å². The van der Waals surface area contributed by atoms with E-state index in [-0.39, 0.29) is 31.4 Å². The number of halogens is 1. The molecule has 1 N–H and O–H groups in total. The quantitative estimate of drug-likeness (QED) is 0.459. The Morgan fingerprint density at radius 1 is 1.15 bits per heavy atom. The Bertz CT molecular complexity index is 1010. The van der Waals surface area contributed by atoms with E-state index in [9.17, 15) is 14.3 Å². The average molecular weight is 473 g/mol. The minimum atomic E-state index is -0.673. The number of amides is 1. The monoisotopic (exact) mass is 472 g/mol. The van der Waals surface area contributed by atoms with Crippen LogP contribution in [0.3, 0.4) is 0 Å². The molecule has 0 saturated carbocycles. The Morgan fingerprint density at radius 2 is 1.91 bits per heavy atom. The fraction of sp³-hybridized carbons (Fsp3) is 0.400. The molecule has 34 heavy (non-hydrogen) atoms. The number of rotatable bonds is 11. The zero-order valence-corrected chi connectivity index (χ0v) is 18.8. The summed E-state index contributed by atoms with van der Waals surface area (Å²) in [5.41, 5.74) is 0.00542. The SMILES string of the molecule is O=C(c1ccccc1F)N(Cc1ccco1)CC1CN(CC(O)COCc2ccco2)CCO1. The minimum absolute atomic E-state index is 0.00542. The van der Waals surface area contributed by atoms with Crippen molar-refractivity contribution in [2.75, 3.05) is 39.4 Å². The normalized spacial score (nSPS) is 17.5. The Hall–Kier alpha value is -2.98. The van der Waals surface area contributed by atoms with Gasteiger partial charge in [-0.05, 0) is 36.4 Å². The molecule has 9 heteroatoms. The van der Waals surface area contributed by atoms with Crippen molar-refractivity contribution in [1.82, 2.24) is 9.80 Å². The third kappa shape index (κ3) is 6.77. The highest BCUT2D eigenvalue weighted by Gasteiger charge is 2.28. The van der Waals surface area contributed by atoms with Crippen LogP contribution in [-0.4, -0.2) is 72.4 Å². The zero-order chi connectivity index (χ0) is 23.8. The number of hydrogen-bond donors (Lipinski definition) is 1. The van der Waals surface area contributed by atoms with Crippen LogP contribution in [0.4, 0.5) is 4.39 Å². The molecule has 1 amide bonds. The molecule has 2 atom stereocenters. The van der Waals surface area contributed by atoms with Crippen molar-refractivity contribution in [3.63, 3.8) is 0 Å². The van der Waals surface area contributed by atoms with Gasteiger partial charge in [-0.15, -0.1) is 0 Å². The van der Waals surface area contributed by atoms with E-state index in [4.69, 9.17) is 18.3 Å². The first-order chi connectivity index (χ1) is 16.6. The first kappa shape index (κ1) is 24.2. The number of β-amino-alcohol motifs (C(OH)–C–C–N with tert-alkyl or cyclic N) is 1. The van der Waals surface area contributed by atoms with Gasteiger partial charge in [0, 0.05) is 26.2 Å². The molecule has 1 saturated heterocycles. The highest BCUT2D eigenvalue weighted by molar-refractivity contribution is 5.94. The molecule has 1 aliphatic heterocycles. The van der Waals surface area contributed by atoms with E-state index < -0.39 is 17.8 Å². The van der Waals surface area contributed by atoms with Crippen LogP contribution >= 0.6 is 0 Å². The largest absolute Gasteiger partial charge is 0.467 e. The lowest BCUT2D eigenvalue weighted by atomic mass is 10.1. The van der Waals surface area contributed by atoms with Gasteiger partial charge in [0.05, 0.1) is 50.1 Å². The number of carbonyl (C=O) groups is 1. The number of aliphatic hydroxyl groups is 1. The number of hydrogen-bond acceptors (Lipinski definition) is 7. The highest BCUT2D eigenvalue weighted by atomic mass is 19.1. The van der Waals surface area contributed by atoms with Gasteiger partial charge in [0.1, 0.15) is 23.9 Å². The summed E-state index contributed by atoms with van der Waals surface area (Å²) in [4.78, 5) is 16.8. The van der Waals surface area contributed by atoms with Crippen LogP contribution < -0.4 is 0 Å². The number of morpholine rings is 1. The maximum atomic E-state index is 14.3. The number of aliphatic hydroxyl groups excluding tert-OH is 1. The second kappa shape index (κ2) is 11.9. The number of nitrogens with zero attached hydrogens (tertiary/aromatic N) is 2. The Morgan fingerprint density at radius 3 is 2.65 bits per heavy atom. The Labute approximate surface area is 197 Å². The molecule has 0 aliphatic carbocycles. The van der Waals surface area contributed by atoms with Gasteiger partial charge in [0.15, 0.2) is 0 Å². The summed E-state index contributed by atoms with van der Waals surface area (Å²) < 4.78 is 36.4. The van der Waals surface area contributed by atoms with Crippen LogP contribution in [0.1, 0.15) is 21.9 Å². The summed E-state index contributed by atoms with van der Waals surface area (Å²) in [5, 5.41) is 10.4. The lowest BCUT2D eigenvalue weighted by Crippen LogP contribution is -2.50. The molecule has 8 nitrogen and oxygen atoms in total. The standard InChI is InChI=1S/C25H29FN2O6/c26-24-8-2-1-7-23(24)25(30)28(15-20-5-3-10-32-20)16-22-14-27(9-12-34-22)13-19(29)17-31-18-21-6-4-11-33-21/h1-8,10-11,19,22,29H,9,12-18H2. The highest BCUT2D eigenvalue weighted by Crippen LogP contribution is 2.16. The predicted octanol–water partition coefficient (Wildman–Crippen LogP) is 2.93. The maximum absolute atomic E-state index is 14.3. The van der Waals surface area contributed by atoms with E-state index in [2.05, 4.69) is 4.90 Å². The van der Waals surface area contributed by atoms with Gasteiger partial charge in [-0.2, -0.15) is 0 Å². The van der Waals surface area contributed by atoms with E-state index in [0.717, 1.165) is 0 Å².